The maximum absolute atomic E-state index is 13.6. The number of methoxy groups -OCH3 is 1. The van der Waals surface area contributed by atoms with Crippen LogP contribution in [-0.2, 0) is 5.88 Å². The molecule has 0 radical (unpaired) electrons. The fraction of sp³-hybridized carbons (Fsp3) is 0.133. The van der Waals surface area contributed by atoms with Crippen LogP contribution in [-0.4, -0.2) is 16.7 Å². The van der Waals surface area contributed by atoms with Crippen LogP contribution in [0.2, 0.25) is 5.02 Å². The molecule has 0 fully saturated rings. The number of hydrogen-bond donors (Lipinski definition) is 0. The third kappa shape index (κ3) is 2.45. The Morgan fingerprint density at radius 3 is 2.76 bits per heavy atom. The second-order valence-electron chi connectivity index (χ2n) is 4.45. The van der Waals surface area contributed by atoms with E-state index in [4.69, 9.17) is 27.9 Å². The standard InChI is InChI=1S/C15H11Cl2FN2O/c1-21-13-4-2-3-12-15(13)19-14(8-16)20(12)11-6-9(17)5-10(18)7-11/h2-7H,8H2,1H3. The van der Waals surface area contributed by atoms with E-state index in [1.165, 1.54) is 12.1 Å². The Bertz CT molecular complexity index is 797. The van der Waals surface area contributed by atoms with Crippen molar-refractivity contribution in [1.29, 1.82) is 0 Å². The number of aromatic nitrogens is 2. The van der Waals surface area contributed by atoms with Crippen molar-refractivity contribution in [3.63, 3.8) is 0 Å². The lowest BCUT2D eigenvalue weighted by Gasteiger charge is -2.09. The molecular weight excluding hydrogens is 314 g/mol. The SMILES string of the molecule is COc1cccc2c1nc(CCl)n2-c1cc(F)cc(Cl)c1. The van der Waals surface area contributed by atoms with Gasteiger partial charge in [-0.1, -0.05) is 17.7 Å². The molecule has 0 unspecified atom stereocenters. The van der Waals surface area contributed by atoms with Gasteiger partial charge in [0.15, 0.2) is 0 Å². The number of ether oxygens (including phenoxy) is 1. The molecule has 0 amide bonds. The van der Waals surface area contributed by atoms with Gasteiger partial charge in [0.2, 0.25) is 0 Å². The first-order valence-corrected chi connectivity index (χ1v) is 7.12. The van der Waals surface area contributed by atoms with E-state index in [1.807, 2.05) is 18.2 Å². The number of halogens is 3. The second-order valence-corrected chi connectivity index (χ2v) is 5.16. The Balaban J connectivity index is 2.35. The van der Waals surface area contributed by atoms with Gasteiger partial charge in [0.1, 0.15) is 22.9 Å². The fourth-order valence-electron chi connectivity index (χ4n) is 2.33. The van der Waals surface area contributed by atoms with Crippen LogP contribution in [0.25, 0.3) is 16.7 Å². The second kappa shape index (κ2) is 5.54. The van der Waals surface area contributed by atoms with Crippen molar-refractivity contribution in [3.05, 3.63) is 53.1 Å². The van der Waals surface area contributed by atoms with Gasteiger partial charge in [-0.3, -0.25) is 4.57 Å². The van der Waals surface area contributed by atoms with Crippen LogP contribution < -0.4 is 4.74 Å². The van der Waals surface area contributed by atoms with Gasteiger partial charge < -0.3 is 4.74 Å². The lowest BCUT2D eigenvalue weighted by atomic mass is 10.2. The minimum atomic E-state index is -0.414. The molecule has 0 aliphatic heterocycles. The first kappa shape index (κ1) is 14.2. The highest BCUT2D eigenvalue weighted by atomic mass is 35.5. The minimum Gasteiger partial charge on any atom is -0.494 e. The molecule has 0 aliphatic rings. The third-order valence-corrected chi connectivity index (χ3v) is 3.62. The zero-order chi connectivity index (χ0) is 15.0. The normalized spacial score (nSPS) is 11.0. The van der Waals surface area contributed by atoms with Crippen molar-refractivity contribution >= 4 is 34.2 Å². The van der Waals surface area contributed by atoms with Crippen LogP contribution in [0.3, 0.4) is 0 Å². The van der Waals surface area contributed by atoms with Crippen LogP contribution in [0.5, 0.6) is 5.75 Å². The summed E-state index contributed by atoms with van der Waals surface area (Å²) in [4.78, 5) is 4.48. The van der Waals surface area contributed by atoms with Crippen LogP contribution in [0.1, 0.15) is 5.82 Å². The molecule has 0 saturated carbocycles. The van der Waals surface area contributed by atoms with Gasteiger partial charge >= 0.3 is 0 Å². The number of fused-ring (bicyclic) bond motifs is 1. The highest BCUT2D eigenvalue weighted by Crippen LogP contribution is 2.30. The van der Waals surface area contributed by atoms with E-state index in [-0.39, 0.29) is 5.88 Å². The zero-order valence-electron chi connectivity index (χ0n) is 11.1. The van der Waals surface area contributed by atoms with Gasteiger partial charge in [-0.15, -0.1) is 11.6 Å². The predicted octanol–water partition coefficient (Wildman–Crippen LogP) is 4.57. The molecule has 6 heteroatoms. The summed E-state index contributed by atoms with van der Waals surface area (Å²) in [5, 5.41) is 0.315. The third-order valence-electron chi connectivity index (χ3n) is 3.16. The highest BCUT2D eigenvalue weighted by molar-refractivity contribution is 6.30. The lowest BCUT2D eigenvalue weighted by molar-refractivity contribution is 0.419. The Morgan fingerprint density at radius 1 is 1.29 bits per heavy atom. The van der Waals surface area contributed by atoms with Crippen LogP contribution in [0, 0.1) is 5.82 Å². The first-order valence-electron chi connectivity index (χ1n) is 6.21. The predicted molar refractivity (Wildman–Crippen MR) is 82.1 cm³/mol. The number of para-hydroxylation sites is 1. The van der Waals surface area contributed by atoms with Crippen molar-refractivity contribution in [2.24, 2.45) is 0 Å². The Morgan fingerprint density at radius 2 is 2.10 bits per heavy atom. The number of rotatable bonds is 3. The number of imidazole rings is 1. The number of hydrogen-bond acceptors (Lipinski definition) is 2. The molecule has 1 heterocycles. The molecule has 0 spiro atoms. The van der Waals surface area contributed by atoms with Crippen molar-refractivity contribution in [2.45, 2.75) is 5.88 Å². The average Bonchev–Trinajstić information content (AvgIpc) is 2.84. The molecular formula is C15H11Cl2FN2O. The maximum Gasteiger partial charge on any atom is 0.146 e. The lowest BCUT2D eigenvalue weighted by Crippen LogP contribution is -2.00. The molecule has 0 atom stereocenters. The van der Waals surface area contributed by atoms with Crippen molar-refractivity contribution in [3.8, 4) is 11.4 Å². The molecule has 2 aromatic carbocycles. The molecule has 21 heavy (non-hydrogen) atoms. The number of nitrogens with zero attached hydrogens (tertiary/aromatic N) is 2. The van der Waals surface area contributed by atoms with E-state index in [0.29, 0.717) is 27.8 Å². The summed E-state index contributed by atoms with van der Waals surface area (Å²) < 4.78 is 20.7. The molecule has 3 rings (SSSR count). The van der Waals surface area contributed by atoms with Gasteiger partial charge in [-0.2, -0.15) is 0 Å². The molecule has 108 valence electrons. The summed E-state index contributed by atoms with van der Waals surface area (Å²) in [7, 11) is 1.58. The topological polar surface area (TPSA) is 27.1 Å². The minimum absolute atomic E-state index is 0.186. The van der Waals surface area contributed by atoms with Crippen molar-refractivity contribution in [2.75, 3.05) is 7.11 Å². The Hall–Kier alpha value is -1.78. The van der Waals surface area contributed by atoms with E-state index >= 15 is 0 Å². The first-order chi connectivity index (χ1) is 10.1. The summed E-state index contributed by atoms with van der Waals surface area (Å²) >= 11 is 11.9. The smallest absolute Gasteiger partial charge is 0.146 e. The molecule has 3 aromatic rings. The van der Waals surface area contributed by atoms with E-state index < -0.39 is 5.82 Å². The molecule has 3 nitrogen and oxygen atoms in total. The van der Waals surface area contributed by atoms with Gasteiger partial charge in [0.25, 0.3) is 0 Å². The molecule has 1 aromatic heterocycles. The average molecular weight is 325 g/mol. The summed E-state index contributed by atoms with van der Waals surface area (Å²) in [5.41, 5.74) is 2.04. The molecule has 0 saturated heterocycles. The largest absolute Gasteiger partial charge is 0.494 e. The van der Waals surface area contributed by atoms with Gasteiger partial charge in [0, 0.05) is 5.02 Å². The number of alkyl halides is 1. The summed E-state index contributed by atoms with van der Waals surface area (Å²) in [6, 6.07) is 9.85. The monoisotopic (exact) mass is 324 g/mol. The fourth-order valence-corrected chi connectivity index (χ4v) is 2.73. The van der Waals surface area contributed by atoms with E-state index in [1.54, 1.807) is 17.7 Å². The van der Waals surface area contributed by atoms with Crippen LogP contribution in [0.15, 0.2) is 36.4 Å². The quantitative estimate of drug-likeness (QED) is 0.660. The van der Waals surface area contributed by atoms with E-state index in [0.717, 1.165) is 5.52 Å². The zero-order valence-corrected chi connectivity index (χ0v) is 12.6. The van der Waals surface area contributed by atoms with Gasteiger partial charge in [-0.25, -0.2) is 9.37 Å². The van der Waals surface area contributed by atoms with E-state index in [2.05, 4.69) is 4.98 Å². The number of benzene rings is 2. The molecule has 0 N–H and O–H groups in total. The van der Waals surface area contributed by atoms with Gasteiger partial charge in [-0.05, 0) is 30.3 Å². The molecule has 0 aliphatic carbocycles. The van der Waals surface area contributed by atoms with Crippen LogP contribution >= 0.6 is 23.2 Å². The molecule has 0 bridgehead atoms. The van der Waals surface area contributed by atoms with Crippen molar-refractivity contribution in [1.82, 2.24) is 9.55 Å². The Kier molecular flexibility index (Phi) is 3.74. The maximum atomic E-state index is 13.6. The highest BCUT2D eigenvalue weighted by Gasteiger charge is 2.15. The van der Waals surface area contributed by atoms with Gasteiger partial charge in [0.05, 0.1) is 24.2 Å². The summed E-state index contributed by atoms with van der Waals surface area (Å²) in [6.07, 6.45) is 0. The van der Waals surface area contributed by atoms with E-state index in [9.17, 15) is 4.39 Å². The summed E-state index contributed by atoms with van der Waals surface area (Å²) in [6.45, 7) is 0. The van der Waals surface area contributed by atoms with Crippen LogP contribution in [0.4, 0.5) is 4.39 Å². The Labute approximate surface area is 130 Å². The van der Waals surface area contributed by atoms with Crippen molar-refractivity contribution < 1.29 is 9.13 Å². The summed E-state index contributed by atoms with van der Waals surface area (Å²) in [5.74, 6) is 1.01.